The van der Waals surface area contributed by atoms with Crippen molar-refractivity contribution >= 4 is 38.3 Å². The first-order chi connectivity index (χ1) is 14.7. The van der Waals surface area contributed by atoms with Crippen LogP contribution in [0.5, 0.6) is 0 Å². The topological polar surface area (TPSA) is 85.6 Å². The van der Waals surface area contributed by atoms with Crippen molar-refractivity contribution in [3.8, 4) is 0 Å². The first-order valence-corrected chi connectivity index (χ1v) is 11.9. The lowest BCUT2D eigenvalue weighted by molar-refractivity contribution is -0.141. The maximum Gasteiger partial charge on any atom is 0.325 e. The van der Waals surface area contributed by atoms with Crippen molar-refractivity contribution in [3.05, 3.63) is 64.8 Å². The van der Waals surface area contributed by atoms with Crippen molar-refractivity contribution in [2.75, 3.05) is 7.11 Å². The van der Waals surface area contributed by atoms with E-state index in [2.05, 4.69) is 0 Å². The smallest absolute Gasteiger partial charge is 0.325 e. The van der Waals surface area contributed by atoms with E-state index in [1.807, 2.05) is 16.7 Å². The zero-order valence-corrected chi connectivity index (χ0v) is 18.9. The summed E-state index contributed by atoms with van der Waals surface area (Å²) >= 11 is 6.22. The van der Waals surface area contributed by atoms with E-state index in [0.717, 1.165) is 22.2 Å². The molecule has 0 amide bonds. The minimum absolute atomic E-state index is 0.0231. The van der Waals surface area contributed by atoms with E-state index in [9.17, 15) is 18.3 Å². The van der Waals surface area contributed by atoms with Gasteiger partial charge in [-0.05, 0) is 68.0 Å². The van der Waals surface area contributed by atoms with Gasteiger partial charge in [0.1, 0.15) is 6.73 Å². The van der Waals surface area contributed by atoms with Crippen LogP contribution < -0.4 is 0 Å². The van der Waals surface area contributed by atoms with E-state index in [4.69, 9.17) is 16.3 Å². The fourth-order valence-corrected chi connectivity index (χ4v) is 6.76. The molecule has 0 saturated carbocycles. The lowest BCUT2D eigenvalue weighted by atomic mass is 9.79. The number of benzene rings is 2. The van der Waals surface area contributed by atoms with Crippen molar-refractivity contribution in [2.24, 2.45) is 5.92 Å². The largest absolute Gasteiger partial charge is 0.480 e. The average molecular weight is 462 g/mol. The second-order valence-electron chi connectivity index (χ2n) is 8.10. The Labute approximate surface area is 186 Å². The number of carbonyl (C=O) groups is 1. The molecule has 1 aliphatic carbocycles. The second-order valence-corrected chi connectivity index (χ2v) is 10.9. The summed E-state index contributed by atoms with van der Waals surface area (Å²) in [6.07, 6.45) is 1.33. The third kappa shape index (κ3) is 3.35. The van der Waals surface area contributed by atoms with Gasteiger partial charge >= 0.3 is 5.97 Å². The van der Waals surface area contributed by atoms with Gasteiger partial charge in [0.2, 0.25) is 0 Å². The molecule has 1 N–H and O–H groups in total. The van der Waals surface area contributed by atoms with Crippen LogP contribution in [0.2, 0.25) is 5.02 Å². The van der Waals surface area contributed by atoms with Gasteiger partial charge in [0.25, 0.3) is 0 Å². The van der Waals surface area contributed by atoms with Crippen LogP contribution in [0.15, 0.2) is 53.4 Å². The van der Waals surface area contributed by atoms with Gasteiger partial charge < -0.3 is 14.4 Å². The molecule has 0 saturated heterocycles. The lowest BCUT2D eigenvalue weighted by Crippen LogP contribution is -2.51. The number of methoxy groups -OCH3 is 1. The number of nitrogens with zero attached hydrogens (tertiary/aromatic N) is 1. The average Bonchev–Trinajstić information content (AvgIpc) is 3.06. The van der Waals surface area contributed by atoms with Gasteiger partial charge in [-0.3, -0.25) is 4.79 Å². The number of hydrogen-bond acceptors (Lipinski definition) is 4. The van der Waals surface area contributed by atoms with E-state index in [-0.39, 0.29) is 11.6 Å². The highest BCUT2D eigenvalue weighted by Gasteiger charge is 2.54. The SMILES string of the molecule is COCn1c2c(c3cc(Cl)ccc31)CCC(C(C)(C(=O)O)S(=O)(=O)c1ccccc1)C2. The summed E-state index contributed by atoms with van der Waals surface area (Å²) in [7, 11) is -2.53. The molecular weight excluding hydrogens is 438 g/mol. The van der Waals surface area contributed by atoms with Gasteiger partial charge in [0.15, 0.2) is 14.6 Å². The number of ether oxygens (including phenoxy) is 1. The highest BCUT2D eigenvalue weighted by atomic mass is 35.5. The summed E-state index contributed by atoms with van der Waals surface area (Å²) in [5, 5.41) is 11.8. The molecule has 31 heavy (non-hydrogen) atoms. The van der Waals surface area contributed by atoms with E-state index >= 15 is 0 Å². The van der Waals surface area contributed by atoms with Crippen LogP contribution >= 0.6 is 11.6 Å². The van der Waals surface area contributed by atoms with E-state index in [0.29, 0.717) is 24.3 Å². The van der Waals surface area contributed by atoms with Crippen molar-refractivity contribution in [1.82, 2.24) is 4.57 Å². The predicted molar refractivity (Wildman–Crippen MR) is 119 cm³/mol. The maximum absolute atomic E-state index is 13.5. The molecular formula is C23H24ClNO5S. The molecule has 2 aromatic carbocycles. The van der Waals surface area contributed by atoms with Crippen molar-refractivity contribution < 1.29 is 23.1 Å². The number of rotatable bonds is 6. The first-order valence-electron chi connectivity index (χ1n) is 10.0. The Balaban J connectivity index is 1.84. The highest BCUT2D eigenvalue weighted by Crippen LogP contribution is 2.43. The number of aliphatic carboxylic acids is 1. The van der Waals surface area contributed by atoms with Gasteiger partial charge in [-0.25, -0.2) is 8.42 Å². The summed E-state index contributed by atoms with van der Waals surface area (Å²) in [5.74, 6) is -1.93. The van der Waals surface area contributed by atoms with Crippen LogP contribution in [0.3, 0.4) is 0 Å². The molecule has 6 nitrogen and oxygen atoms in total. The Morgan fingerprint density at radius 1 is 1.26 bits per heavy atom. The number of sulfone groups is 1. The molecule has 3 aromatic rings. The van der Waals surface area contributed by atoms with Crippen LogP contribution in [0.4, 0.5) is 0 Å². The van der Waals surface area contributed by atoms with Crippen LogP contribution in [-0.4, -0.2) is 35.9 Å². The Hall–Kier alpha value is -2.35. The molecule has 1 heterocycles. The summed E-state index contributed by atoms with van der Waals surface area (Å²) in [5.41, 5.74) is 2.93. The number of carboxylic acids is 1. The Bertz CT molecular complexity index is 1250. The van der Waals surface area contributed by atoms with Gasteiger partial charge in [-0.1, -0.05) is 29.8 Å². The zero-order valence-electron chi connectivity index (χ0n) is 17.3. The number of aryl methyl sites for hydroxylation is 1. The molecule has 1 aromatic heterocycles. The number of aromatic nitrogens is 1. The summed E-state index contributed by atoms with van der Waals surface area (Å²) in [4.78, 5) is 12.5. The molecule has 0 spiro atoms. The van der Waals surface area contributed by atoms with Gasteiger partial charge in [0.05, 0.1) is 10.4 Å². The number of carboxylic acid groups (broad SMARTS) is 1. The van der Waals surface area contributed by atoms with Crippen molar-refractivity contribution in [1.29, 1.82) is 0 Å². The third-order valence-corrected chi connectivity index (χ3v) is 9.26. The van der Waals surface area contributed by atoms with Crippen LogP contribution in [0, 0.1) is 5.92 Å². The fraction of sp³-hybridized carbons (Fsp3) is 0.348. The number of halogens is 1. The van der Waals surface area contributed by atoms with Gasteiger partial charge in [0, 0.05) is 23.2 Å². The molecule has 4 rings (SSSR count). The molecule has 2 unspecified atom stereocenters. The molecule has 0 radical (unpaired) electrons. The zero-order chi connectivity index (χ0) is 22.4. The molecule has 0 bridgehead atoms. The second kappa shape index (κ2) is 7.97. The molecule has 8 heteroatoms. The highest BCUT2D eigenvalue weighted by molar-refractivity contribution is 7.93. The Morgan fingerprint density at radius 2 is 1.97 bits per heavy atom. The number of hydrogen-bond donors (Lipinski definition) is 1. The van der Waals surface area contributed by atoms with Crippen molar-refractivity contribution in [2.45, 2.75) is 42.6 Å². The predicted octanol–water partition coefficient (Wildman–Crippen LogP) is 4.32. The van der Waals surface area contributed by atoms with E-state index in [1.54, 1.807) is 31.4 Å². The van der Waals surface area contributed by atoms with Gasteiger partial charge in [-0.15, -0.1) is 0 Å². The van der Waals surface area contributed by atoms with Gasteiger partial charge in [-0.2, -0.15) is 0 Å². The molecule has 164 valence electrons. The first kappa shape index (κ1) is 21.9. The minimum atomic E-state index is -4.13. The maximum atomic E-state index is 13.5. The van der Waals surface area contributed by atoms with E-state index in [1.165, 1.54) is 19.1 Å². The fourth-order valence-electron chi connectivity index (χ4n) is 4.72. The summed E-state index contributed by atoms with van der Waals surface area (Å²) in [6.45, 7) is 1.63. The molecule has 2 atom stereocenters. The number of fused-ring (bicyclic) bond motifs is 3. The van der Waals surface area contributed by atoms with Crippen LogP contribution in [0.25, 0.3) is 10.9 Å². The molecule has 0 fully saturated rings. The lowest BCUT2D eigenvalue weighted by Gasteiger charge is -2.36. The summed E-state index contributed by atoms with van der Waals surface area (Å²) in [6, 6.07) is 13.4. The normalized spacial score (nSPS) is 18.5. The minimum Gasteiger partial charge on any atom is -0.480 e. The molecule has 1 aliphatic rings. The van der Waals surface area contributed by atoms with Crippen molar-refractivity contribution in [3.63, 3.8) is 0 Å². The van der Waals surface area contributed by atoms with Crippen LogP contribution in [0.1, 0.15) is 24.6 Å². The standard InChI is InChI=1S/C23H24ClNO5S/c1-23(22(26)27,31(28,29)17-6-4-3-5-7-17)15-8-10-18-19-13-16(24)9-11-20(19)25(14-30-2)21(18)12-15/h3-7,9,11,13,15H,8,10,12,14H2,1-2H3,(H,26,27). The Kier molecular flexibility index (Phi) is 5.62. The van der Waals surface area contributed by atoms with Crippen LogP contribution in [-0.2, 0) is 38.9 Å². The monoisotopic (exact) mass is 461 g/mol. The molecule has 0 aliphatic heterocycles. The third-order valence-electron chi connectivity index (χ3n) is 6.50. The quantitative estimate of drug-likeness (QED) is 0.590. The van der Waals surface area contributed by atoms with E-state index < -0.39 is 26.5 Å². The summed E-state index contributed by atoms with van der Waals surface area (Å²) < 4.78 is 32.4. The Morgan fingerprint density at radius 3 is 2.61 bits per heavy atom.